The van der Waals surface area contributed by atoms with Crippen LogP contribution in [-0.2, 0) is 23.1 Å². The van der Waals surface area contributed by atoms with Crippen LogP contribution in [0.4, 0.5) is 0 Å². The molecule has 1 saturated heterocycles. The van der Waals surface area contributed by atoms with Crippen LogP contribution in [0.15, 0.2) is 36.4 Å². The standard InChI is InChI=1S/C33H41N7O3/c1-19(37-18-29(41)40-25(17-34)14-24-15-28(24)40)16-33(32(35)36)26-10-8-22(30(42)38(2)3)12-20(26)6-7-21-13-23(9-11-27(21)33)31(43)39(4)5/h8-13,19,24-25,28,37H,6-7,14-16,18H2,1-5H3,(H3,35,36)/t19-,24+,25?,28-/m0/s1. The van der Waals surface area contributed by atoms with Gasteiger partial charge < -0.3 is 25.8 Å². The Bertz CT molecular complexity index is 1450. The van der Waals surface area contributed by atoms with Gasteiger partial charge in [0.05, 0.1) is 18.0 Å². The van der Waals surface area contributed by atoms with Gasteiger partial charge in [-0.15, -0.1) is 0 Å². The van der Waals surface area contributed by atoms with Crippen LogP contribution in [0.3, 0.4) is 0 Å². The molecule has 2 fully saturated rings. The minimum Gasteiger partial charge on any atom is -0.387 e. The summed E-state index contributed by atoms with van der Waals surface area (Å²) < 4.78 is 0. The van der Waals surface area contributed by atoms with Crippen molar-refractivity contribution in [2.24, 2.45) is 11.7 Å². The summed E-state index contributed by atoms with van der Waals surface area (Å²) in [5, 5.41) is 21.9. The van der Waals surface area contributed by atoms with Crippen molar-refractivity contribution in [3.63, 3.8) is 0 Å². The number of nitrogens with one attached hydrogen (secondary N) is 2. The number of rotatable bonds is 8. The highest BCUT2D eigenvalue weighted by Gasteiger charge is 2.54. The highest BCUT2D eigenvalue weighted by molar-refractivity contribution is 5.98. The maximum atomic E-state index is 13.2. The van der Waals surface area contributed by atoms with Crippen LogP contribution in [0, 0.1) is 22.7 Å². The predicted octanol–water partition coefficient (Wildman–Crippen LogP) is 2.29. The van der Waals surface area contributed by atoms with Gasteiger partial charge in [-0.1, -0.05) is 12.1 Å². The molecular formula is C33H41N7O3. The van der Waals surface area contributed by atoms with Crippen molar-refractivity contribution in [3.05, 3.63) is 69.8 Å². The third kappa shape index (κ3) is 5.38. The first-order valence-electron chi connectivity index (χ1n) is 14.9. The molecule has 4 N–H and O–H groups in total. The van der Waals surface area contributed by atoms with Crippen LogP contribution < -0.4 is 11.1 Å². The zero-order valence-electron chi connectivity index (χ0n) is 25.6. The van der Waals surface area contributed by atoms with Gasteiger partial charge in [0.15, 0.2) is 0 Å². The Balaban J connectivity index is 1.52. The Morgan fingerprint density at radius 3 is 2.02 bits per heavy atom. The van der Waals surface area contributed by atoms with E-state index in [9.17, 15) is 19.6 Å². The van der Waals surface area contributed by atoms with Gasteiger partial charge in [-0.05, 0) is 91.5 Å². The second-order valence-electron chi connectivity index (χ2n) is 12.7. The van der Waals surface area contributed by atoms with E-state index in [4.69, 9.17) is 11.1 Å². The van der Waals surface area contributed by atoms with Crippen LogP contribution in [0.25, 0.3) is 0 Å². The van der Waals surface area contributed by atoms with Crippen LogP contribution in [-0.4, -0.2) is 91.1 Å². The minimum atomic E-state index is -1.06. The Morgan fingerprint density at radius 2 is 1.56 bits per heavy atom. The average molecular weight is 584 g/mol. The second-order valence-corrected chi connectivity index (χ2v) is 12.7. The van der Waals surface area contributed by atoms with Gasteiger partial charge in [0.1, 0.15) is 11.9 Å². The smallest absolute Gasteiger partial charge is 0.253 e. The zero-order valence-corrected chi connectivity index (χ0v) is 25.6. The molecule has 1 aliphatic heterocycles. The van der Waals surface area contributed by atoms with E-state index in [-0.39, 0.29) is 48.2 Å². The summed E-state index contributed by atoms with van der Waals surface area (Å²) in [6, 6.07) is 13.0. The Kier molecular flexibility index (Phi) is 8.05. The largest absolute Gasteiger partial charge is 0.387 e. The van der Waals surface area contributed by atoms with E-state index in [1.807, 2.05) is 31.2 Å². The van der Waals surface area contributed by atoms with Gasteiger partial charge >= 0.3 is 0 Å². The van der Waals surface area contributed by atoms with E-state index in [1.54, 1.807) is 45.2 Å². The number of carbonyl (C=O) groups is 3. The van der Waals surface area contributed by atoms with Crippen LogP contribution in [0.2, 0.25) is 0 Å². The molecule has 3 amide bonds. The van der Waals surface area contributed by atoms with Gasteiger partial charge in [0, 0.05) is 51.4 Å². The number of aryl methyl sites for hydroxylation is 2. The van der Waals surface area contributed by atoms with Crippen molar-refractivity contribution >= 4 is 23.6 Å². The van der Waals surface area contributed by atoms with Crippen LogP contribution >= 0.6 is 0 Å². The summed E-state index contributed by atoms with van der Waals surface area (Å²) >= 11 is 0. The number of nitrogens with zero attached hydrogens (tertiary/aromatic N) is 4. The van der Waals surface area contributed by atoms with E-state index in [0.29, 0.717) is 36.3 Å². The first-order valence-corrected chi connectivity index (χ1v) is 14.9. The number of carbonyl (C=O) groups excluding carboxylic acids is 3. The SMILES string of the molecule is C[C@@H](CC1(C(=N)N)c2ccc(C(=O)N(C)C)cc2CCc2cc(C(=O)N(C)C)ccc21)NCC(=O)N1C(C#N)C[C@@H]2C[C@@H]21. The van der Waals surface area contributed by atoms with Gasteiger partial charge in [0.25, 0.3) is 11.8 Å². The lowest BCUT2D eigenvalue weighted by molar-refractivity contribution is -0.131. The number of fused-ring (bicyclic) bond motifs is 3. The third-order valence-electron chi connectivity index (χ3n) is 9.32. The second kappa shape index (κ2) is 11.5. The molecule has 2 aliphatic carbocycles. The van der Waals surface area contributed by atoms with Gasteiger partial charge in [-0.3, -0.25) is 19.8 Å². The van der Waals surface area contributed by atoms with Crippen molar-refractivity contribution in [1.29, 1.82) is 10.7 Å². The minimum absolute atomic E-state index is 0.0415. The maximum Gasteiger partial charge on any atom is 0.253 e. The third-order valence-corrected chi connectivity index (χ3v) is 9.32. The molecule has 0 spiro atoms. The predicted molar refractivity (Wildman–Crippen MR) is 164 cm³/mol. The molecule has 226 valence electrons. The van der Waals surface area contributed by atoms with Crippen molar-refractivity contribution < 1.29 is 14.4 Å². The lowest BCUT2D eigenvalue weighted by Gasteiger charge is -2.38. The lowest BCUT2D eigenvalue weighted by Crippen LogP contribution is -2.49. The number of hydrogen-bond acceptors (Lipinski definition) is 6. The number of amidine groups is 1. The molecule has 2 aromatic carbocycles. The molecule has 5 rings (SSSR count). The van der Waals surface area contributed by atoms with E-state index < -0.39 is 5.41 Å². The molecule has 0 aromatic heterocycles. The summed E-state index contributed by atoms with van der Waals surface area (Å²) in [5.41, 5.74) is 10.2. The van der Waals surface area contributed by atoms with Crippen molar-refractivity contribution in [1.82, 2.24) is 20.0 Å². The molecule has 0 radical (unpaired) electrons. The first kappa shape index (κ1) is 30.2. The molecular weight excluding hydrogens is 542 g/mol. The van der Waals surface area contributed by atoms with Gasteiger partial charge in [0.2, 0.25) is 5.91 Å². The van der Waals surface area contributed by atoms with Crippen molar-refractivity contribution in [2.45, 2.75) is 62.6 Å². The molecule has 43 heavy (non-hydrogen) atoms. The number of nitrogens with two attached hydrogens (primary N) is 1. The molecule has 1 saturated carbocycles. The molecule has 10 nitrogen and oxygen atoms in total. The average Bonchev–Trinajstić information content (AvgIpc) is 3.67. The topological polar surface area (TPSA) is 147 Å². The van der Waals surface area contributed by atoms with E-state index in [1.165, 1.54) is 9.80 Å². The molecule has 4 atom stereocenters. The van der Waals surface area contributed by atoms with E-state index in [0.717, 1.165) is 35.1 Å². The molecule has 0 bridgehead atoms. The Morgan fingerprint density at radius 1 is 1.02 bits per heavy atom. The monoisotopic (exact) mass is 583 g/mol. The number of benzene rings is 2. The van der Waals surface area contributed by atoms with Crippen molar-refractivity contribution in [3.8, 4) is 6.07 Å². The zero-order chi connectivity index (χ0) is 31.2. The van der Waals surface area contributed by atoms with Crippen LogP contribution in [0.5, 0.6) is 0 Å². The first-order chi connectivity index (χ1) is 20.4. The summed E-state index contributed by atoms with van der Waals surface area (Å²) in [6.07, 6.45) is 3.32. The fourth-order valence-electron chi connectivity index (χ4n) is 7.07. The molecule has 10 heteroatoms. The molecule has 1 heterocycles. The number of likely N-dealkylation sites (tertiary alicyclic amines) is 1. The number of hydrogen-bond donors (Lipinski definition) is 3. The van der Waals surface area contributed by atoms with E-state index >= 15 is 0 Å². The molecule has 3 aliphatic rings. The lowest BCUT2D eigenvalue weighted by atomic mass is 9.67. The normalized spacial score (nSPS) is 21.8. The summed E-state index contributed by atoms with van der Waals surface area (Å²) in [7, 11) is 6.86. The fraction of sp³-hybridized carbons (Fsp3) is 0.485. The van der Waals surface area contributed by atoms with E-state index in [2.05, 4.69) is 11.4 Å². The van der Waals surface area contributed by atoms with Gasteiger partial charge in [-0.2, -0.15) is 5.26 Å². The quantitative estimate of drug-likeness (QED) is 0.321. The van der Waals surface area contributed by atoms with Crippen molar-refractivity contribution in [2.75, 3.05) is 34.7 Å². The highest BCUT2D eigenvalue weighted by Crippen LogP contribution is 2.48. The Labute approximate surface area is 253 Å². The molecule has 2 aromatic rings. The highest BCUT2D eigenvalue weighted by atomic mass is 16.2. The molecule has 1 unspecified atom stereocenters. The van der Waals surface area contributed by atoms with Crippen LogP contribution in [0.1, 0.15) is 69.2 Å². The summed E-state index contributed by atoms with van der Waals surface area (Å²) in [4.78, 5) is 43.8. The van der Waals surface area contributed by atoms with Gasteiger partial charge in [-0.25, -0.2) is 0 Å². The number of piperidine rings is 1. The number of amides is 3. The number of nitriles is 1. The summed E-state index contributed by atoms with van der Waals surface area (Å²) in [6.45, 7) is 2.06. The maximum absolute atomic E-state index is 13.2. The fourth-order valence-corrected chi connectivity index (χ4v) is 7.07. The Hall–Kier alpha value is -4.23. The summed E-state index contributed by atoms with van der Waals surface area (Å²) in [5.74, 6) is 0.0992.